The van der Waals surface area contributed by atoms with Crippen molar-refractivity contribution in [3.05, 3.63) is 53.7 Å². The van der Waals surface area contributed by atoms with Crippen LogP contribution in [-0.4, -0.2) is 27.8 Å². The summed E-state index contributed by atoms with van der Waals surface area (Å²) in [6.07, 6.45) is 2.31. The van der Waals surface area contributed by atoms with E-state index in [-0.39, 0.29) is 23.3 Å². The van der Waals surface area contributed by atoms with Crippen LogP contribution in [-0.2, 0) is 16.1 Å². The zero-order valence-corrected chi connectivity index (χ0v) is 10.1. The van der Waals surface area contributed by atoms with Crippen LogP contribution in [0.2, 0.25) is 0 Å². The smallest absolute Gasteiger partial charge is 0.340 e. The number of fused-ring (bicyclic) bond motifs is 1. The molecule has 0 unspecified atom stereocenters. The molecule has 2 amide bonds. The second-order valence-electron chi connectivity index (χ2n) is 4.06. The molecule has 1 aliphatic heterocycles. The van der Waals surface area contributed by atoms with Crippen molar-refractivity contribution < 1.29 is 23.6 Å². The van der Waals surface area contributed by atoms with Crippen LogP contribution in [0.3, 0.4) is 0 Å². The van der Waals surface area contributed by atoms with Gasteiger partial charge in [0.1, 0.15) is 12.2 Å². The van der Waals surface area contributed by atoms with Crippen molar-refractivity contribution in [2.75, 3.05) is 0 Å². The SMILES string of the molecule is O=C(Cc1cnco1)ON1C(=O)c2ccccc2C1=O. The number of imide groups is 1. The van der Waals surface area contributed by atoms with Crippen LogP contribution < -0.4 is 0 Å². The van der Waals surface area contributed by atoms with Crippen LogP contribution >= 0.6 is 0 Å². The second kappa shape index (κ2) is 4.61. The van der Waals surface area contributed by atoms with E-state index < -0.39 is 17.8 Å². The van der Waals surface area contributed by atoms with Gasteiger partial charge in [0.2, 0.25) is 0 Å². The molecule has 100 valence electrons. The average Bonchev–Trinajstić information content (AvgIpc) is 3.03. The van der Waals surface area contributed by atoms with E-state index in [0.717, 1.165) is 0 Å². The average molecular weight is 272 g/mol. The molecule has 0 spiro atoms. The summed E-state index contributed by atoms with van der Waals surface area (Å²) in [4.78, 5) is 44.0. The topological polar surface area (TPSA) is 89.7 Å². The van der Waals surface area contributed by atoms with Gasteiger partial charge in [-0.1, -0.05) is 17.2 Å². The van der Waals surface area contributed by atoms with E-state index in [4.69, 9.17) is 9.25 Å². The summed E-state index contributed by atoms with van der Waals surface area (Å²) >= 11 is 0. The highest BCUT2D eigenvalue weighted by Gasteiger charge is 2.38. The summed E-state index contributed by atoms with van der Waals surface area (Å²) in [5.74, 6) is -1.81. The molecule has 7 heteroatoms. The number of oxazole rings is 1. The van der Waals surface area contributed by atoms with Crippen LogP contribution in [0.15, 0.2) is 41.3 Å². The Morgan fingerprint density at radius 1 is 1.20 bits per heavy atom. The lowest BCUT2D eigenvalue weighted by Gasteiger charge is -2.11. The van der Waals surface area contributed by atoms with Gasteiger partial charge in [0.05, 0.1) is 17.3 Å². The molecular weight excluding hydrogens is 264 g/mol. The lowest BCUT2D eigenvalue weighted by molar-refractivity contribution is -0.167. The third-order valence-corrected chi connectivity index (χ3v) is 2.75. The van der Waals surface area contributed by atoms with Crippen molar-refractivity contribution in [3.8, 4) is 0 Å². The zero-order valence-electron chi connectivity index (χ0n) is 10.1. The number of rotatable bonds is 3. The Kier molecular flexibility index (Phi) is 2.79. The van der Waals surface area contributed by atoms with E-state index in [2.05, 4.69) is 4.98 Å². The molecule has 0 radical (unpaired) electrons. The first-order valence-corrected chi connectivity index (χ1v) is 5.73. The molecule has 0 aliphatic carbocycles. The maximum atomic E-state index is 11.9. The van der Waals surface area contributed by atoms with E-state index >= 15 is 0 Å². The first-order chi connectivity index (χ1) is 9.66. The molecule has 0 N–H and O–H groups in total. The van der Waals surface area contributed by atoms with Gasteiger partial charge < -0.3 is 9.25 Å². The van der Waals surface area contributed by atoms with Gasteiger partial charge in [-0.2, -0.15) is 0 Å². The van der Waals surface area contributed by atoms with E-state index in [9.17, 15) is 14.4 Å². The van der Waals surface area contributed by atoms with Crippen molar-refractivity contribution in [2.24, 2.45) is 0 Å². The molecule has 0 fully saturated rings. The van der Waals surface area contributed by atoms with Gasteiger partial charge in [0.25, 0.3) is 11.8 Å². The Hall–Kier alpha value is -2.96. The summed E-state index contributed by atoms with van der Waals surface area (Å²) in [5.41, 5.74) is 0.426. The minimum atomic E-state index is -0.781. The number of amides is 2. The first-order valence-electron chi connectivity index (χ1n) is 5.73. The molecule has 0 saturated carbocycles. The Morgan fingerprint density at radius 2 is 1.85 bits per heavy atom. The fourth-order valence-corrected chi connectivity index (χ4v) is 1.86. The van der Waals surface area contributed by atoms with Gasteiger partial charge in [0.15, 0.2) is 6.39 Å². The molecule has 2 aromatic rings. The molecular formula is C13H8N2O5. The molecule has 20 heavy (non-hydrogen) atoms. The van der Waals surface area contributed by atoms with Crippen molar-refractivity contribution in [2.45, 2.75) is 6.42 Å². The Labute approximate surface area is 112 Å². The molecule has 0 saturated heterocycles. The van der Waals surface area contributed by atoms with Gasteiger partial charge in [-0.15, -0.1) is 0 Å². The van der Waals surface area contributed by atoms with E-state index in [1.54, 1.807) is 12.1 Å². The normalized spacial score (nSPS) is 13.5. The number of nitrogens with zero attached hydrogens (tertiary/aromatic N) is 2. The van der Waals surface area contributed by atoms with Crippen LogP contribution in [0, 0.1) is 0 Å². The number of carbonyl (C=O) groups excluding carboxylic acids is 3. The minimum Gasteiger partial charge on any atom is -0.448 e. The Morgan fingerprint density at radius 3 is 2.40 bits per heavy atom. The van der Waals surface area contributed by atoms with Crippen molar-refractivity contribution in [1.29, 1.82) is 0 Å². The molecule has 1 aliphatic rings. The van der Waals surface area contributed by atoms with Gasteiger partial charge in [-0.25, -0.2) is 9.78 Å². The van der Waals surface area contributed by atoms with Crippen LogP contribution in [0.25, 0.3) is 0 Å². The van der Waals surface area contributed by atoms with Crippen LogP contribution in [0.4, 0.5) is 0 Å². The highest BCUT2D eigenvalue weighted by atomic mass is 16.7. The predicted octanol–water partition coefficient (Wildman–Crippen LogP) is 0.972. The molecule has 3 rings (SSSR count). The number of hydrogen-bond donors (Lipinski definition) is 0. The fourth-order valence-electron chi connectivity index (χ4n) is 1.86. The fraction of sp³-hybridized carbons (Fsp3) is 0.0769. The molecule has 0 atom stereocenters. The monoisotopic (exact) mass is 272 g/mol. The van der Waals surface area contributed by atoms with E-state index in [0.29, 0.717) is 5.06 Å². The van der Waals surface area contributed by atoms with Crippen molar-refractivity contribution >= 4 is 17.8 Å². The van der Waals surface area contributed by atoms with E-state index in [1.807, 2.05) is 0 Å². The second-order valence-corrected chi connectivity index (χ2v) is 4.06. The Bertz CT molecular complexity index is 658. The number of hydroxylamine groups is 2. The maximum absolute atomic E-state index is 11.9. The Balaban J connectivity index is 1.75. The number of carbonyl (C=O) groups is 3. The van der Waals surface area contributed by atoms with Crippen LogP contribution in [0.1, 0.15) is 26.5 Å². The highest BCUT2D eigenvalue weighted by molar-refractivity contribution is 6.20. The summed E-state index contributed by atoms with van der Waals surface area (Å²) in [6, 6.07) is 6.26. The molecule has 2 heterocycles. The van der Waals surface area contributed by atoms with Gasteiger partial charge in [0, 0.05) is 0 Å². The molecule has 1 aromatic carbocycles. The summed E-state index contributed by atoms with van der Waals surface area (Å²) in [6.45, 7) is 0. The highest BCUT2D eigenvalue weighted by Crippen LogP contribution is 2.22. The summed E-state index contributed by atoms with van der Waals surface area (Å²) in [5, 5.41) is 0.462. The zero-order chi connectivity index (χ0) is 14.1. The van der Waals surface area contributed by atoms with Crippen molar-refractivity contribution in [1.82, 2.24) is 10.0 Å². The van der Waals surface area contributed by atoms with Crippen LogP contribution in [0.5, 0.6) is 0 Å². The lowest BCUT2D eigenvalue weighted by atomic mass is 10.1. The minimum absolute atomic E-state index is 0.213. The predicted molar refractivity (Wildman–Crippen MR) is 63.2 cm³/mol. The van der Waals surface area contributed by atoms with E-state index in [1.165, 1.54) is 24.7 Å². The quantitative estimate of drug-likeness (QED) is 0.773. The summed E-state index contributed by atoms with van der Waals surface area (Å²) in [7, 11) is 0. The molecule has 7 nitrogen and oxygen atoms in total. The van der Waals surface area contributed by atoms with Crippen molar-refractivity contribution in [3.63, 3.8) is 0 Å². The van der Waals surface area contributed by atoms with Gasteiger partial charge in [-0.05, 0) is 12.1 Å². The number of aromatic nitrogens is 1. The third-order valence-electron chi connectivity index (χ3n) is 2.75. The standard InChI is InChI=1S/C13H8N2O5/c16-11(5-8-6-14-7-19-8)20-15-12(17)9-3-1-2-4-10(9)13(15)18/h1-4,6-7H,5H2. The maximum Gasteiger partial charge on any atom is 0.340 e. The number of hydrogen-bond acceptors (Lipinski definition) is 6. The van der Waals surface area contributed by atoms with Gasteiger partial charge in [-0.3, -0.25) is 9.59 Å². The third kappa shape index (κ3) is 1.95. The summed E-state index contributed by atoms with van der Waals surface area (Å²) < 4.78 is 4.88. The largest absolute Gasteiger partial charge is 0.448 e. The first kappa shape index (κ1) is 12.1. The molecule has 0 bridgehead atoms. The van der Waals surface area contributed by atoms with Gasteiger partial charge >= 0.3 is 5.97 Å². The molecule has 1 aromatic heterocycles. The lowest BCUT2D eigenvalue weighted by Crippen LogP contribution is -2.33. The number of benzene rings is 1.